The number of fused-ring (bicyclic) bond motifs is 2. The minimum atomic E-state index is -3.12. The van der Waals surface area contributed by atoms with Crippen molar-refractivity contribution in [3.8, 4) is 0 Å². The fraction of sp³-hybridized carbons (Fsp3) is 0.875. The predicted molar refractivity (Wildman–Crippen MR) is 53.0 cm³/mol. The first-order valence-corrected chi connectivity index (χ1v) is 6.18. The molecule has 0 spiro atoms. The lowest BCUT2D eigenvalue weighted by Crippen LogP contribution is -2.47. The smallest absolute Gasteiger partial charge is 0.317 e. The molecule has 0 saturated carbocycles. The van der Waals surface area contributed by atoms with Gasteiger partial charge in [0.05, 0.1) is 25.8 Å². The predicted octanol–water partition coefficient (Wildman–Crippen LogP) is -1.25. The SMILES string of the molecule is CC(=O)N1C[C@]2(CO)OCC1C2O[PH](=O)O. The van der Waals surface area contributed by atoms with E-state index >= 15 is 0 Å². The first-order valence-electron chi connectivity index (χ1n) is 4.92. The maximum Gasteiger partial charge on any atom is 0.317 e. The summed E-state index contributed by atoms with van der Waals surface area (Å²) in [5, 5.41) is 9.31. The van der Waals surface area contributed by atoms with Crippen molar-refractivity contribution in [2.24, 2.45) is 0 Å². The molecule has 2 N–H and O–H groups in total. The van der Waals surface area contributed by atoms with E-state index in [2.05, 4.69) is 0 Å². The van der Waals surface area contributed by atoms with Crippen LogP contribution in [0.3, 0.4) is 0 Å². The van der Waals surface area contributed by atoms with Gasteiger partial charge in [-0.15, -0.1) is 0 Å². The fourth-order valence-electron chi connectivity index (χ4n) is 2.39. The summed E-state index contributed by atoms with van der Waals surface area (Å²) >= 11 is 0. The highest BCUT2D eigenvalue weighted by Gasteiger charge is 2.61. The Morgan fingerprint density at radius 2 is 2.44 bits per heavy atom. The van der Waals surface area contributed by atoms with Gasteiger partial charge in [-0.25, -0.2) is 0 Å². The van der Waals surface area contributed by atoms with Crippen LogP contribution in [0.5, 0.6) is 0 Å². The van der Waals surface area contributed by atoms with Crippen molar-refractivity contribution < 1.29 is 28.6 Å². The number of morpholine rings is 1. The Balaban J connectivity index is 2.23. The van der Waals surface area contributed by atoms with Gasteiger partial charge in [0.2, 0.25) is 5.91 Å². The number of likely N-dealkylation sites (tertiary alicyclic amines) is 1. The number of carbonyl (C=O) groups excluding carboxylic acids is 1. The Labute approximate surface area is 92.9 Å². The van der Waals surface area contributed by atoms with Crippen molar-refractivity contribution >= 4 is 14.2 Å². The Morgan fingerprint density at radius 3 is 2.94 bits per heavy atom. The highest BCUT2D eigenvalue weighted by atomic mass is 31.1. The normalized spacial score (nSPS) is 39.1. The van der Waals surface area contributed by atoms with Crippen LogP contribution >= 0.6 is 8.25 Å². The number of aliphatic hydroxyl groups is 1. The van der Waals surface area contributed by atoms with Gasteiger partial charge in [0.15, 0.2) is 0 Å². The molecule has 0 aromatic carbocycles. The molecule has 0 aromatic rings. The summed E-state index contributed by atoms with van der Waals surface area (Å²) in [5.41, 5.74) is -1.04. The molecule has 2 bridgehead atoms. The summed E-state index contributed by atoms with van der Waals surface area (Å²) in [6, 6.07) is -0.384. The molecular weight excluding hydrogens is 237 g/mol. The van der Waals surface area contributed by atoms with Crippen LogP contribution in [-0.2, 0) is 18.6 Å². The summed E-state index contributed by atoms with van der Waals surface area (Å²) in [6.45, 7) is 1.49. The fourth-order valence-corrected chi connectivity index (χ4v) is 2.98. The summed E-state index contributed by atoms with van der Waals surface area (Å²) in [5.74, 6) is -0.158. The van der Waals surface area contributed by atoms with E-state index in [1.807, 2.05) is 0 Å². The van der Waals surface area contributed by atoms with Gasteiger partial charge in [-0.1, -0.05) is 0 Å². The van der Waals surface area contributed by atoms with Gasteiger partial charge in [0, 0.05) is 6.92 Å². The minimum Gasteiger partial charge on any atom is -0.393 e. The lowest BCUT2D eigenvalue weighted by Gasteiger charge is -2.30. The van der Waals surface area contributed by atoms with Crippen LogP contribution in [-0.4, -0.2) is 58.3 Å². The standard InChI is InChI=1S/C8H14NO6P/c1-5(11)9-3-8(4-10)7(15-16(12)13)6(9)2-14-8/h6-7,10,16H,2-4H2,1H3,(H,12,13)/t6?,7?,8-/m1/s1. The van der Waals surface area contributed by atoms with Crippen molar-refractivity contribution in [2.75, 3.05) is 19.8 Å². The molecule has 2 aliphatic rings. The second-order valence-corrected chi connectivity index (χ2v) is 4.82. The molecular formula is C8H14NO6P. The van der Waals surface area contributed by atoms with Crippen molar-refractivity contribution in [3.63, 3.8) is 0 Å². The molecule has 3 unspecified atom stereocenters. The van der Waals surface area contributed by atoms with E-state index in [4.69, 9.17) is 14.2 Å². The van der Waals surface area contributed by atoms with E-state index in [0.717, 1.165) is 0 Å². The number of hydrogen-bond acceptors (Lipinski definition) is 5. The average molecular weight is 251 g/mol. The van der Waals surface area contributed by atoms with E-state index in [1.165, 1.54) is 11.8 Å². The largest absolute Gasteiger partial charge is 0.393 e. The summed E-state index contributed by atoms with van der Waals surface area (Å²) in [4.78, 5) is 21.6. The van der Waals surface area contributed by atoms with Gasteiger partial charge < -0.3 is 24.2 Å². The van der Waals surface area contributed by atoms with E-state index in [1.54, 1.807) is 0 Å². The number of nitrogens with zero attached hydrogens (tertiary/aromatic N) is 1. The molecule has 2 heterocycles. The van der Waals surface area contributed by atoms with E-state index < -0.39 is 20.0 Å². The third kappa shape index (κ3) is 1.69. The van der Waals surface area contributed by atoms with Crippen LogP contribution in [0.25, 0.3) is 0 Å². The Hall–Kier alpha value is -0.460. The van der Waals surface area contributed by atoms with Crippen LogP contribution in [0.1, 0.15) is 6.92 Å². The van der Waals surface area contributed by atoms with Crippen LogP contribution in [0, 0.1) is 0 Å². The van der Waals surface area contributed by atoms with Gasteiger partial charge in [-0.05, 0) is 0 Å². The van der Waals surface area contributed by atoms with E-state index in [-0.39, 0.29) is 31.7 Å². The molecule has 7 nitrogen and oxygen atoms in total. The zero-order chi connectivity index (χ0) is 11.9. The molecule has 0 aromatic heterocycles. The summed E-state index contributed by atoms with van der Waals surface area (Å²) in [6.07, 6.45) is -0.724. The minimum absolute atomic E-state index is 0.158. The van der Waals surface area contributed by atoms with Crippen molar-refractivity contribution in [1.82, 2.24) is 4.90 Å². The van der Waals surface area contributed by atoms with Gasteiger partial charge in [0.1, 0.15) is 11.7 Å². The molecule has 8 heteroatoms. The number of hydrogen-bond donors (Lipinski definition) is 2. The summed E-state index contributed by atoms with van der Waals surface area (Å²) < 4.78 is 21.0. The lowest BCUT2D eigenvalue weighted by molar-refractivity contribution is -0.139. The third-order valence-corrected chi connectivity index (χ3v) is 3.60. The number of rotatable bonds is 3. The number of carbonyl (C=O) groups is 1. The molecule has 0 aliphatic carbocycles. The Morgan fingerprint density at radius 1 is 1.75 bits per heavy atom. The maximum absolute atomic E-state index is 11.3. The average Bonchev–Trinajstić information content (AvgIpc) is 2.71. The Bertz CT molecular complexity index is 336. The van der Waals surface area contributed by atoms with Gasteiger partial charge in [-0.2, -0.15) is 0 Å². The maximum atomic E-state index is 11.3. The first-order chi connectivity index (χ1) is 7.50. The van der Waals surface area contributed by atoms with Crippen LogP contribution in [0.4, 0.5) is 0 Å². The highest BCUT2D eigenvalue weighted by Crippen LogP contribution is 2.42. The molecule has 2 rings (SSSR count). The highest BCUT2D eigenvalue weighted by molar-refractivity contribution is 7.32. The van der Waals surface area contributed by atoms with Gasteiger partial charge >= 0.3 is 8.25 Å². The van der Waals surface area contributed by atoms with Gasteiger partial charge in [0.25, 0.3) is 0 Å². The molecule has 0 radical (unpaired) electrons. The summed E-state index contributed by atoms with van der Waals surface area (Å²) in [7, 11) is -3.12. The lowest BCUT2D eigenvalue weighted by atomic mass is 10.0. The van der Waals surface area contributed by atoms with Gasteiger partial charge in [-0.3, -0.25) is 9.36 Å². The van der Waals surface area contributed by atoms with Crippen molar-refractivity contribution in [3.05, 3.63) is 0 Å². The molecule has 2 saturated heterocycles. The van der Waals surface area contributed by atoms with Crippen LogP contribution in [0.2, 0.25) is 0 Å². The number of ether oxygens (including phenoxy) is 1. The molecule has 92 valence electrons. The first kappa shape index (κ1) is 12.0. The molecule has 1 amide bonds. The molecule has 4 atom stereocenters. The van der Waals surface area contributed by atoms with Crippen LogP contribution in [0.15, 0.2) is 0 Å². The van der Waals surface area contributed by atoms with E-state index in [9.17, 15) is 14.5 Å². The van der Waals surface area contributed by atoms with Crippen molar-refractivity contribution in [2.45, 2.75) is 24.7 Å². The Kier molecular flexibility index (Phi) is 3.07. The van der Waals surface area contributed by atoms with Crippen molar-refractivity contribution in [1.29, 1.82) is 0 Å². The second kappa shape index (κ2) is 4.09. The molecule has 2 aliphatic heterocycles. The third-order valence-electron chi connectivity index (χ3n) is 3.15. The molecule has 16 heavy (non-hydrogen) atoms. The van der Waals surface area contributed by atoms with Crippen LogP contribution < -0.4 is 0 Å². The number of aliphatic hydroxyl groups excluding tert-OH is 1. The van der Waals surface area contributed by atoms with E-state index in [0.29, 0.717) is 0 Å². The quantitative estimate of drug-likeness (QED) is 0.608. The monoisotopic (exact) mass is 251 g/mol. The number of amides is 1. The molecule has 2 fully saturated rings. The zero-order valence-electron chi connectivity index (χ0n) is 8.75. The topological polar surface area (TPSA) is 96.3 Å². The zero-order valence-corrected chi connectivity index (χ0v) is 9.75. The second-order valence-electron chi connectivity index (χ2n) is 4.05.